The predicted molar refractivity (Wildman–Crippen MR) is 332 cm³/mol. The first-order chi connectivity index (χ1) is 39.2. The SMILES string of the molecule is c1ccc(-c2cc(-c3ccccc3)cc(N3c4cc5c(cc4B4c6oc7ccccc7c6N(c6cc(-c7ccccc7)cc(-c7ccccc7)c6)c6cc(-c7ccccc7)cc3c64)c3cccc4c6ccccc6n5c43)c2)cc1. The van der Waals surface area contributed by atoms with Crippen molar-refractivity contribution in [2.45, 2.75) is 0 Å². The Balaban J connectivity index is 1.04. The van der Waals surface area contributed by atoms with Gasteiger partial charge in [0, 0.05) is 55.4 Å². The van der Waals surface area contributed by atoms with E-state index in [2.05, 4.69) is 293 Å². The van der Waals surface area contributed by atoms with Crippen LogP contribution in [0, 0.1) is 0 Å². The first kappa shape index (κ1) is 43.8. The van der Waals surface area contributed by atoms with Crippen LogP contribution in [0.5, 0.6) is 0 Å². The minimum Gasteiger partial charge on any atom is -0.468 e. The Hall–Kier alpha value is -10.4. The summed E-state index contributed by atoms with van der Waals surface area (Å²) in [5, 5.41) is 6.06. The van der Waals surface area contributed by atoms with Crippen molar-refractivity contribution in [3.05, 3.63) is 279 Å². The second-order valence-electron chi connectivity index (χ2n) is 21.2. The summed E-state index contributed by atoms with van der Waals surface area (Å²) in [6, 6.07) is 103. The highest BCUT2D eigenvalue weighted by Crippen LogP contribution is 2.51. The Kier molecular flexibility index (Phi) is 9.48. The van der Waals surface area contributed by atoms with Crippen LogP contribution in [0.15, 0.2) is 283 Å². The van der Waals surface area contributed by atoms with Gasteiger partial charge >= 0.3 is 0 Å². The number of hydrogen-bond acceptors (Lipinski definition) is 3. The molecule has 2 aliphatic heterocycles. The molecule has 4 nitrogen and oxygen atoms in total. The summed E-state index contributed by atoms with van der Waals surface area (Å²) < 4.78 is 10.0. The molecule has 3 aromatic heterocycles. The number of hydrogen-bond donors (Lipinski definition) is 0. The van der Waals surface area contributed by atoms with E-state index >= 15 is 0 Å². The molecule has 2 aliphatic rings. The molecule has 366 valence electrons. The highest BCUT2D eigenvalue weighted by molar-refractivity contribution is 7.00. The average Bonchev–Trinajstić information content (AvgIpc) is 4.41. The van der Waals surface area contributed by atoms with E-state index in [1.807, 2.05) is 0 Å². The van der Waals surface area contributed by atoms with Gasteiger partial charge in [-0.05, 0) is 139 Å². The van der Waals surface area contributed by atoms with Gasteiger partial charge < -0.3 is 18.6 Å². The molecule has 5 heterocycles. The van der Waals surface area contributed by atoms with Gasteiger partial charge in [0.05, 0.1) is 27.9 Å². The summed E-state index contributed by atoms with van der Waals surface area (Å²) in [5.41, 5.74) is 25.8. The Labute approximate surface area is 457 Å². The minimum atomic E-state index is -0.280. The highest BCUT2D eigenvalue weighted by Gasteiger charge is 2.47. The van der Waals surface area contributed by atoms with Crippen LogP contribution in [0.4, 0.5) is 34.1 Å². The second kappa shape index (κ2) is 17.1. The monoisotopic (exact) mass is 1000 g/mol. The van der Waals surface area contributed by atoms with E-state index < -0.39 is 0 Å². The standard InChI is InChI=1S/C74H46BN3O/c1-6-21-47(22-7-1)52-37-53(48-23-8-2-9-24-48)40-57(39-52)76-67-46-66-63(61-34-20-33-60-59-31-16-18-35-65(59)78(66)72(60)61)45-64(67)75-71-68(76)43-56(51-29-14-5-15-30-51)44-69(71)77(73-62-32-17-19-36-70(62)79-74(73)75)58-41-54(49-25-10-3-11-26-49)38-55(42-58)50-27-12-4-13-28-50/h1-46H. The number of anilines is 6. The van der Waals surface area contributed by atoms with Crippen LogP contribution in [0.1, 0.15) is 0 Å². The smallest absolute Gasteiger partial charge is 0.297 e. The molecule has 0 fully saturated rings. The molecule has 0 atom stereocenters. The third-order valence-electron chi connectivity index (χ3n) is 16.8. The molecule has 0 N–H and O–H groups in total. The van der Waals surface area contributed by atoms with Crippen molar-refractivity contribution in [2.24, 2.45) is 0 Å². The molecule has 0 amide bonds. The third-order valence-corrected chi connectivity index (χ3v) is 16.8. The molecular weight excluding hydrogens is 958 g/mol. The molecule has 79 heavy (non-hydrogen) atoms. The van der Waals surface area contributed by atoms with E-state index in [-0.39, 0.29) is 6.71 Å². The fraction of sp³-hybridized carbons (Fsp3) is 0. The van der Waals surface area contributed by atoms with Crippen LogP contribution in [0.25, 0.3) is 105 Å². The fourth-order valence-electron chi connectivity index (χ4n) is 13.4. The van der Waals surface area contributed by atoms with E-state index in [0.717, 1.165) is 106 Å². The lowest BCUT2D eigenvalue weighted by atomic mass is 9.35. The number of para-hydroxylation sites is 3. The summed E-state index contributed by atoms with van der Waals surface area (Å²) in [6.07, 6.45) is 0. The Morgan fingerprint density at radius 2 is 0.722 bits per heavy atom. The van der Waals surface area contributed by atoms with E-state index in [9.17, 15) is 0 Å². The van der Waals surface area contributed by atoms with Crippen LogP contribution >= 0.6 is 0 Å². The van der Waals surface area contributed by atoms with Crippen molar-refractivity contribution in [2.75, 3.05) is 9.80 Å². The Bertz CT molecular complexity index is 4780. The second-order valence-corrected chi connectivity index (χ2v) is 21.2. The van der Waals surface area contributed by atoms with E-state index in [1.165, 1.54) is 49.0 Å². The molecular formula is C74H46BN3O. The van der Waals surface area contributed by atoms with Gasteiger partial charge in [-0.2, -0.15) is 0 Å². The average molecular weight is 1000 g/mol. The maximum absolute atomic E-state index is 7.50. The summed E-state index contributed by atoms with van der Waals surface area (Å²) in [5.74, 6) is 0. The van der Waals surface area contributed by atoms with E-state index in [4.69, 9.17) is 4.42 Å². The topological polar surface area (TPSA) is 24.0 Å². The molecule has 0 saturated carbocycles. The number of nitrogens with zero attached hydrogens (tertiary/aromatic N) is 3. The molecule has 17 rings (SSSR count). The normalized spacial score (nSPS) is 12.7. The van der Waals surface area contributed by atoms with Crippen LogP contribution in [-0.2, 0) is 0 Å². The zero-order valence-corrected chi connectivity index (χ0v) is 42.9. The lowest BCUT2D eigenvalue weighted by molar-refractivity contribution is 0.651. The first-order valence-electron chi connectivity index (χ1n) is 27.3. The van der Waals surface area contributed by atoms with Crippen molar-refractivity contribution >= 4 is 106 Å². The first-order valence-corrected chi connectivity index (χ1v) is 27.3. The quantitative estimate of drug-likeness (QED) is 0.149. The molecule has 0 spiro atoms. The van der Waals surface area contributed by atoms with Gasteiger partial charge in [-0.15, -0.1) is 0 Å². The van der Waals surface area contributed by atoms with Crippen LogP contribution < -0.4 is 26.4 Å². The van der Waals surface area contributed by atoms with Crippen molar-refractivity contribution in [1.82, 2.24) is 4.40 Å². The van der Waals surface area contributed by atoms with Crippen molar-refractivity contribution < 1.29 is 4.42 Å². The molecule has 0 radical (unpaired) electrons. The van der Waals surface area contributed by atoms with E-state index in [0.29, 0.717) is 0 Å². The molecule has 12 aromatic carbocycles. The van der Waals surface area contributed by atoms with Crippen LogP contribution in [0.3, 0.4) is 0 Å². The molecule has 5 heteroatoms. The number of furan rings is 1. The van der Waals surface area contributed by atoms with E-state index in [1.54, 1.807) is 0 Å². The summed E-state index contributed by atoms with van der Waals surface area (Å²) in [6.45, 7) is -0.280. The summed E-state index contributed by atoms with van der Waals surface area (Å²) in [4.78, 5) is 5.12. The molecule has 0 bridgehead atoms. The third kappa shape index (κ3) is 6.63. The number of benzene rings is 12. The van der Waals surface area contributed by atoms with Gasteiger partial charge in [-0.3, -0.25) is 0 Å². The fourth-order valence-corrected chi connectivity index (χ4v) is 13.4. The Morgan fingerprint density at radius 1 is 0.291 bits per heavy atom. The largest absolute Gasteiger partial charge is 0.468 e. The minimum absolute atomic E-state index is 0.280. The van der Waals surface area contributed by atoms with Crippen molar-refractivity contribution in [1.29, 1.82) is 0 Å². The lowest BCUT2D eigenvalue weighted by Crippen LogP contribution is -2.61. The van der Waals surface area contributed by atoms with Gasteiger partial charge in [0.15, 0.2) is 0 Å². The van der Waals surface area contributed by atoms with Crippen LogP contribution in [-0.4, -0.2) is 11.1 Å². The molecule has 0 saturated heterocycles. The number of aromatic nitrogens is 1. The molecule has 0 unspecified atom stereocenters. The zero-order chi connectivity index (χ0) is 51.7. The number of rotatable bonds is 7. The Morgan fingerprint density at radius 3 is 1.27 bits per heavy atom. The maximum atomic E-state index is 7.50. The van der Waals surface area contributed by atoms with Crippen molar-refractivity contribution in [3.8, 4) is 55.6 Å². The molecule has 0 aliphatic carbocycles. The summed E-state index contributed by atoms with van der Waals surface area (Å²) >= 11 is 0. The molecule has 15 aromatic rings. The summed E-state index contributed by atoms with van der Waals surface area (Å²) in [7, 11) is 0. The van der Waals surface area contributed by atoms with Gasteiger partial charge in [0.25, 0.3) is 6.71 Å². The van der Waals surface area contributed by atoms with Gasteiger partial charge in [0.1, 0.15) is 5.58 Å². The highest BCUT2D eigenvalue weighted by atomic mass is 16.3. The zero-order valence-electron chi connectivity index (χ0n) is 42.9. The lowest BCUT2D eigenvalue weighted by Gasteiger charge is -2.43. The van der Waals surface area contributed by atoms with Crippen molar-refractivity contribution in [3.63, 3.8) is 0 Å². The van der Waals surface area contributed by atoms with Gasteiger partial charge in [0.2, 0.25) is 0 Å². The van der Waals surface area contributed by atoms with Gasteiger partial charge in [-0.1, -0.05) is 206 Å². The maximum Gasteiger partial charge on any atom is 0.297 e. The van der Waals surface area contributed by atoms with Gasteiger partial charge in [-0.25, -0.2) is 0 Å². The number of fused-ring (bicyclic) bond motifs is 12. The predicted octanol–water partition coefficient (Wildman–Crippen LogP) is 18.0. The van der Waals surface area contributed by atoms with Crippen LogP contribution in [0.2, 0.25) is 0 Å².